The summed E-state index contributed by atoms with van der Waals surface area (Å²) >= 11 is 0. The van der Waals surface area contributed by atoms with Gasteiger partial charge < -0.3 is 4.65 Å². The van der Waals surface area contributed by atoms with Gasteiger partial charge in [-0.15, -0.1) is 0 Å². The van der Waals surface area contributed by atoms with Crippen molar-refractivity contribution in [2.24, 2.45) is 0 Å². The molecule has 0 spiro atoms. The smallest absolute Gasteiger partial charge is 0.339 e. The van der Waals surface area contributed by atoms with Gasteiger partial charge >= 0.3 is 7.48 Å². The van der Waals surface area contributed by atoms with E-state index in [0.717, 1.165) is 6.32 Å². The van der Waals surface area contributed by atoms with Gasteiger partial charge in [0.05, 0.1) is 10.6 Å². The van der Waals surface area contributed by atoms with Gasteiger partial charge in [-0.1, -0.05) is 6.92 Å². The first-order valence-corrected chi connectivity index (χ1v) is 6.58. The topological polar surface area (TPSA) is 46.6 Å². The average molecular weight is 241 g/mol. The Balaban J connectivity index is 2.87. The fourth-order valence-electron chi connectivity index (χ4n) is 1.14. The van der Waals surface area contributed by atoms with Crippen molar-refractivity contribution in [2.75, 3.05) is 14.1 Å². The highest BCUT2D eigenvalue weighted by Gasteiger charge is 2.16. The third-order valence-corrected chi connectivity index (χ3v) is 3.90. The summed E-state index contributed by atoms with van der Waals surface area (Å²) in [5, 5.41) is 0. The zero-order valence-corrected chi connectivity index (χ0v) is 10.6. The number of nitrogens with zero attached hydrogens (tertiary/aromatic N) is 1. The lowest BCUT2D eigenvalue weighted by atomic mass is 9.97. The van der Waals surface area contributed by atoms with E-state index in [1.54, 1.807) is 24.3 Å². The maximum atomic E-state index is 11.7. The highest BCUT2D eigenvalue weighted by Crippen LogP contribution is 2.17. The molecule has 0 aliphatic rings. The molecule has 0 atom stereocenters. The van der Waals surface area contributed by atoms with Crippen LogP contribution in [0.3, 0.4) is 0 Å². The molecular formula is C10H16BNO3S. The Kier molecular flexibility index (Phi) is 4.38. The van der Waals surface area contributed by atoms with Crippen LogP contribution in [0.25, 0.3) is 0 Å². The van der Waals surface area contributed by atoms with Gasteiger partial charge in [0.2, 0.25) is 10.0 Å². The molecule has 4 nitrogen and oxygen atoms in total. The van der Waals surface area contributed by atoms with Crippen LogP contribution in [-0.2, 0) is 10.0 Å². The molecular weight excluding hydrogens is 225 g/mol. The van der Waals surface area contributed by atoms with E-state index in [2.05, 4.69) is 0 Å². The SMILES string of the molecule is CCBOc1ccc(S(=O)(=O)N(C)C)cc1. The zero-order chi connectivity index (χ0) is 12.2. The van der Waals surface area contributed by atoms with Crippen LogP contribution in [0.5, 0.6) is 5.75 Å². The monoisotopic (exact) mass is 241 g/mol. The Morgan fingerprint density at radius 2 is 1.81 bits per heavy atom. The van der Waals surface area contributed by atoms with Gasteiger partial charge in [-0.25, -0.2) is 12.7 Å². The fourth-order valence-corrected chi connectivity index (χ4v) is 2.04. The molecule has 1 rings (SSSR count). The quantitative estimate of drug-likeness (QED) is 0.725. The largest absolute Gasteiger partial charge is 0.564 e. The number of rotatable bonds is 5. The second-order valence-corrected chi connectivity index (χ2v) is 5.76. The molecule has 0 radical (unpaired) electrons. The van der Waals surface area contributed by atoms with Crippen molar-refractivity contribution in [3.8, 4) is 5.75 Å². The Hall–Kier alpha value is -1.01. The van der Waals surface area contributed by atoms with Gasteiger partial charge in [0.15, 0.2) is 0 Å². The summed E-state index contributed by atoms with van der Waals surface area (Å²) < 4.78 is 30.0. The minimum absolute atomic E-state index is 0.279. The molecule has 0 unspecified atom stereocenters. The summed E-state index contributed by atoms with van der Waals surface area (Å²) in [6.45, 7) is 2.02. The lowest BCUT2D eigenvalue weighted by Crippen LogP contribution is -2.22. The van der Waals surface area contributed by atoms with Crippen LogP contribution in [0, 0.1) is 0 Å². The molecule has 0 aliphatic carbocycles. The van der Waals surface area contributed by atoms with Crippen molar-refractivity contribution in [3.05, 3.63) is 24.3 Å². The summed E-state index contributed by atoms with van der Waals surface area (Å²) in [5.41, 5.74) is 0. The van der Waals surface area contributed by atoms with E-state index in [1.807, 2.05) is 6.92 Å². The summed E-state index contributed by atoms with van der Waals surface area (Å²) in [4.78, 5) is 0.279. The minimum Gasteiger partial charge on any atom is -0.564 e. The van der Waals surface area contributed by atoms with E-state index >= 15 is 0 Å². The molecule has 0 fully saturated rings. The number of hydrogen-bond acceptors (Lipinski definition) is 3. The summed E-state index contributed by atoms with van der Waals surface area (Å²) in [6, 6.07) is 6.46. The summed E-state index contributed by atoms with van der Waals surface area (Å²) in [6.07, 6.45) is 0.928. The second kappa shape index (κ2) is 5.36. The van der Waals surface area contributed by atoms with E-state index in [4.69, 9.17) is 4.65 Å². The van der Waals surface area contributed by atoms with Gasteiger partial charge in [0.1, 0.15) is 0 Å². The fraction of sp³-hybridized carbons (Fsp3) is 0.400. The zero-order valence-electron chi connectivity index (χ0n) is 9.80. The molecule has 0 N–H and O–H groups in total. The first-order valence-electron chi connectivity index (χ1n) is 5.14. The van der Waals surface area contributed by atoms with Gasteiger partial charge in [0, 0.05) is 14.1 Å². The predicted molar refractivity (Wildman–Crippen MR) is 65.6 cm³/mol. The van der Waals surface area contributed by atoms with E-state index in [-0.39, 0.29) is 4.90 Å². The number of benzene rings is 1. The van der Waals surface area contributed by atoms with Crippen LogP contribution in [-0.4, -0.2) is 34.3 Å². The first-order chi connectivity index (χ1) is 7.48. The van der Waals surface area contributed by atoms with Crippen LogP contribution in [0.15, 0.2) is 29.2 Å². The van der Waals surface area contributed by atoms with Gasteiger partial charge in [0.25, 0.3) is 0 Å². The van der Waals surface area contributed by atoms with Gasteiger partial charge in [-0.2, -0.15) is 0 Å². The molecule has 0 aromatic heterocycles. The maximum Gasteiger partial charge on any atom is 0.339 e. The first kappa shape index (κ1) is 13.1. The van der Waals surface area contributed by atoms with Crippen molar-refractivity contribution in [1.29, 1.82) is 0 Å². The van der Waals surface area contributed by atoms with Crippen molar-refractivity contribution in [2.45, 2.75) is 18.1 Å². The molecule has 0 aliphatic heterocycles. The lowest BCUT2D eigenvalue weighted by Gasteiger charge is -2.11. The molecule has 16 heavy (non-hydrogen) atoms. The highest BCUT2D eigenvalue weighted by molar-refractivity contribution is 7.89. The lowest BCUT2D eigenvalue weighted by molar-refractivity contribution is 0.520. The Morgan fingerprint density at radius 1 is 1.25 bits per heavy atom. The molecule has 88 valence electrons. The van der Waals surface area contributed by atoms with Gasteiger partial charge in [-0.3, -0.25) is 0 Å². The molecule has 0 bridgehead atoms. The molecule has 0 saturated carbocycles. The van der Waals surface area contributed by atoms with E-state index in [1.165, 1.54) is 18.4 Å². The van der Waals surface area contributed by atoms with Crippen molar-refractivity contribution in [3.63, 3.8) is 0 Å². The van der Waals surface area contributed by atoms with E-state index in [9.17, 15) is 8.42 Å². The number of hydrogen-bond donors (Lipinski definition) is 0. The molecule has 0 heterocycles. The standard InChI is InChI=1S/C10H16BNO3S/c1-4-11-15-9-5-7-10(8-6-9)16(13,14)12(2)3/h5-8,11H,4H2,1-3H3. The average Bonchev–Trinajstić information content (AvgIpc) is 2.26. The van der Waals surface area contributed by atoms with Crippen LogP contribution >= 0.6 is 0 Å². The molecule has 0 saturated heterocycles. The second-order valence-electron chi connectivity index (χ2n) is 3.61. The summed E-state index contributed by atoms with van der Waals surface area (Å²) in [5.74, 6) is 0.694. The molecule has 6 heteroatoms. The third-order valence-electron chi connectivity index (χ3n) is 2.08. The van der Waals surface area contributed by atoms with Crippen LogP contribution < -0.4 is 4.65 Å². The maximum absolute atomic E-state index is 11.7. The van der Waals surface area contributed by atoms with Crippen molar-refractivity contribution >= 4 is 17.5 Å². The van der Waals surface area contributed by atoms with Crippen LogP contribution in [0.4, 0.5) is 0 Å². The molecule has 1 aromatic carbocycles. The molecule has 0 amide bonds. The summed E-state index contributed by atoms with van der Waals surface area (Å²) in [7, 11) is 0.324. The Bertz CT molecular complexity index is 428. The van der Waals surface area contributed by atoms with E-state index in [0.29, 0.717) is 13.2 Å². The van der Waals surface area contributed by atoms with Crippen LogP contribution in [0.1, 0.15) is 6.92 Å². The van der Waals surface area contributed by atoms with Crippen molar-refractivity contribution < 1.29 is 13.1 Å². The number of sulfonamides is 1. The Morgan fingerprint density at radius 3 is 2.25 bits per heavy atom. The van der Waals surface area contributed by atoms with Crippen LogP contribution in [0.2, 0.25) is 6.32 Å². The normalized spacial score (nSPS) is 11.5. The third kappa shape index (κ3) is 2.99. The van der Waals surface area contributed by atoms with Gasteiger partial charge in [-0.05, 0) is 30.6 Å². The predicted octanol–water partition coefficient (Wildman–Crippen LogP) is 1.11. The van der Waals surface area contributed by atoms with E-state index < -0.39 is 10.0 Å². The molecule has 1 aromatic rings. The Labute approximate surface area is 97.5 Å². The highest BCUT2D eigenvalue weighted by atomic mass is 32.2. The van der Waals surface area contributed by atoms with Crippen molar-refractivity contribution in [1.82, 2.24) is 4.31 Å². The minimum atomic E-state index is -3.34.